The highest BCUT2D eigenvalue weighted by molar-refractivity contribution is 5.38. The summed E-state index contributed by atoms with van der Waals surface area (Å²) >= 11 is 0. The minimum Gasteiger partial charge on any atom is -0.371 e. The van der Waals surface area contributed by atoms with E-state index < -0.39 is 0 Å². The molecule has 2 heteroatoms. The lowest BCUT2D eigenvalue weighted by molar-refractivity contribution is 0.431. The van der Waals surface area contributed by atoms with Gasteiger partial charge < -0.3 is 4.90 Å². The summed E-state index contributed by atoms with van der Waals surface area (Å²) < 4.78 is 0. The standard InChI is InChI=1S/C9H10N2/c10-7-8-3-5-11-4-1-2-9(11)6-8/h3,6H,1-2,4-5H2. The van der Waals surface area contributed by atoms with Crippen molar-refractivity contribution in [3.63, 3.8) is 0 Å². The highest BCUT2D eigenvalue weighted by atomic mass is 15.2. The first kappa shape index (κ1) is 6.48. The Morgan fingerprint density at radius 1 is 1.55 bits per heavy atom. The lowest BCUT2D eigenvalue weighted by Gasteiger charge is -2.20. The van der Waals surface area contributed by atoms with Crippen LogP contribution in [0.15, 0.2) is 23.4 Å². The summed E-state index contributed by atoms with van der Waals surface area (Å²) in [5.74, 6) is 0. The third-order valence-electron chi connectivity index (χ3n) is 2.25. The van der Waals surface area contributed by atoms with E-state index in [-0.39, 0.29) is 0 Å². The summed E-state index contributed by atoms with van der Waals surface area (Å²) in [4.78, 5) is 2.33. The van der Waals surface area contributed by atoms with E-state index in [1.165, 1.54) is 18.7 Å². The van der Waals surface area contributed by atoms with E-state index in [1.54, 1.807) is 0 Å². The van der Waals surface area contributed by atoms with Gasteiger partial charge in [0.2, 0.25) is 0 Å². The number of fused-ring (bicyclic) bond motifs is 1. The van der Waals surface area contributed by atoms with Gasteiger partial charge in [0.05, 0.1) is 11.6 Å². The highest BCUT2D eigenvalue weighted by Crippen LogP contribution is 2.24. The Balaban J connectivity index is 2.25. The first-order valence-corrected chi connectivity index (χ1v) is 3.96. The van der Waals surface area contributed by atoms with Gasteiger partial charge in [-0.25, -0.2) is 0 Å². The second kappa shape index (κ2) is 2.43. The van der Waals surface area contributed by atoms with Crippen LogP contribution in [-0.4, -0.2) is 18.0 Å². The van der Waals surface area contributed by atoms with Crippen molar-refractivity contribution in [2.75, 3.05) is 13.1 Å². The molecule has 0 aromatic rings. The predicted octanol–water partition coefficient (Wildman–Crippen LogP) is 1.43. The van der Waals surface area contributed by atoms with Gasteiger partial charge >= 0.3 is 0 Å². The zero-order valence-corrected chi connectivity index (χ0v) is 6.38. The minimum absolute atomic E-state index is 0.832. The molecular weight excluding hydrogens is 136 g/mol. The van der Waals surface area contributed by atoms with E-state index in [1.807, 2.05) is 12.2 Å². The fourth-order valence-electron chi connectivity index (χ4n) is 1.65. The molecule has 56 valence electrons. The first-order valence-electron chi connectivity index (χ1n) is 3.96. The van der Waals surface area contributed by atoms with Crippen LogP contribution in [0.5, 0.6) is 0 Å². The summed E-state index contributed by atoms with van der Waals surface area (Å²) in [5.41, 5.74) is 2.18. The number of nitrogens with zero attached hydrogens (tertiary/aromatic N) is 2. The van der Waals surface area contributed by atoms with Crippen LogP contribution in [-0.2, 0) is 0 Å². The summed E-state index contributed by atoms with van der Waals surface area (Å²) in [6.07, 6.45) is 6.41. The van der Waals surface area contributed by atoms with Crippen LogP contribution in [0.4, 0.5) is 0 Å². The molecule has 1 saturated heterocycles. The lowest BCUT2D eigenvalue weighted by atomic mass is 10.1. The summed E-state index contributed by atoms with van der Waals surface area (Å²) in [7, 11) is 0. The topological polar surface area (TPSA) is 27.0 Å². The Morgan fingerprint density at radius 2 is 2.45 bits per heavy atom. The number of hydrogen-bond donors (Lipinski definition) is 0. The first-order chi connectivity index (χ1) is 5.40. The van der Waals surface area contributed by atoms with Crippen LogP contribution < -0.4 is 0 Å². The van der Waals surface area contributed by atoms with Crippen molar-refractivity contribution in [2.24, 2.45) is 0 Å². The molecule has 0 aromatic carbocycles. The minimum atomic E-state index is 0.832. The number of allylic oxidation sites excluding steroid dienone is 3. The summed E-state index contributed by atoms with van der Waals surface area (Å²) in [5, 5.41) is 8.63. The van der Waals surface area contributed by atoms with Gasteiger partial charge in [-0.3, -0.25) is 0 Å². The molecule has 0 saturated carbocycles. The second-order valence-electron chi connectivity index (χ2n) is 2.96. The smallest absolute Gasteiger partial charge is 0.0989 e. The van der Waals surface area contributed by atoms with Crippen LogP contribution in [0.3, 0.4) is 0 Å². The van der Waals surface area contributed by atoms with Crippen molar-refractivity contribution >= 4 is 0 Å². The van der Waals surface area contributed by atoms with Crippen molar-refractivity contribution in [1.82, 2.24) is 4.90 Å². The lowest BCUT2D eigenvalue weighted by Crippen LogP contribution is -2.20. The molecule has 11 heavy (non-hydrogen) atoms. The molecule has 0 N–H and O–H groups in total. The molecule has 0 aliphatic carbocycles. The van der Waals surface area contributed by atoms with Crippen LogP contribution in [0.2, 0.25) is 0 Å². The van der Waals surface area contributed by atoms with Crippen molar-refractivity contribution < 1.29 is 0 Å². The van der Waals surface area contributed by atoms with E-state index >= 15 is 0 Å². The Hall–Kier alpha value is -1.23. The second-order valence-corrected chi connectivity index (χ2v) is 2.96. The molecule has 2 rings (SSSR count). The predicted molar refractivity (Wildman–Crippen MR) is 42.6 cm³/mol. The molecule has 0 amide bonds. The van der Waals surface area contributed by atoms with E-state index in [9.17, 15) is 0 Å². The molecule has 2 aliphatic rings. The fourth-order valence-corrected chi connectivity index (χ4v) is 1.65. The van der Waals surface area contributed by atoms with Gasteiger partial charge in [-0.2, -0.15) is 5.26 Å². The Labute approximate surface area is 66.4 Å². The zero-order chi connectivity index (χ0) is 7.68. The van der Waals surface area contributed by atoms with Crippen LogP contribution in [0, 0.1) is 11.3 Å². The van der Waals surface area contributed by atoms with Gasteiger partial charge in [-0.05, 0) is 25.0 Å². The van der Waals surface area contributed by atoms with E-state index in [4.69, 9.17) is 5.26 Å². The molecule has 0 atom stereocenters. The van der Waals surface area contributed by atoms with Crippen molar-refractivity contribution in [3.05, 3.63) is 23.4 Å². The maximum atomic E-state index is 8.63. The third-order valence-corrected chi connectivity index (χ3v) is 2.25. The van der Waals surface area contributed by atoms with E-state index in [0.717, 1.165) is 18.5 Å². The molecule has 1 fully saturated rings. The monoisotopic (exact) mass is 146 g/mol. The SMILES string of the molecule is N#CC1=CCN2CCCC2=C1. The summed E-state index contributed by atoms with van der Waals surface area (Å²) in [6.45, 7) is 2.11. The maximum Gasteiger partial charge on any atom is 0.0989 e. The molecule has 0 aromatic heterocycles. The van der Waals surface area contributed by atoms with Crippen LogP contribution >= 0.6 is 0 Å². The normalized spacial score (nSPS) is 21.9. The Kier molecular flexibility index (Phi) is 1.43. The number of hydrogen-bond acceptors (Lipinski definition) is 2. The summed E-state index contributed by atoms with van der Waals surface area (Å²) in [6, 6.07) is 2.17. The zero-order valence-electron chi connectivity index (χ0n) is 6.38. The molecule has 0 unspecified atom stereocenters. The highest BCUT2D eigenvalue weighted by Gasteiger charge is 2.18. The third kappa shape index (κ3) is 1.03. The van der Waals surface area contributed by atoms with Crippen molar-refractivity contribution in [2.45, 2.75) is 12.8 Å². The molecule has 2 nitrogen and oxygen atoms in total. The van der Waals surface area contributed by atoms with Gasteiger partial charge in [0.25, 0.3) is 0 Å². The van der Waals surface area contributed by atoms with Crippen LogP contribution in [0.1, 0.15) is 12.8 Å². The average Bonchev–Trinajstić information content (AvgIpc) is 2.50. The van der Waals surface area contributed by atoms with Gasteiger partial charge in [0.1, 0.15) is 0 Å². The van der Waals surface area contributed by atoms with Gasteiger partial charge in [-0.15, -0.1) is 0 Å². The maximum absolute atomic E-state index is 8.63. The largest absolute Gasteiger partial charge is 0.371 e. The Morgan fingerprint density at radius 3 is 3.27 bits per heavy atom. The van der Waals surface area contributed by atoms with Crippen LogP contribution in [0.25, 0.3) is 0 Å². The van der Waals surface area contributed by atoms with E-state index in [2.05, 4.69) is 11.0 Å². The quantitative estimate of drug-likeness (QED) is 0.517. The van der Waals surface area contributed by atoms with Crippen molar-refractivity contribution in [3.8, 4) is 6.07 Å². The van der Waals surface area contributed by atoms with E-state index in [0.29, 0.717) is 0 Å². The molecule has 0 radical (unpaired) electrons. The van der Waals surface area contributed by atoms with Gasteiger partial charge in [0, 0.05) is 18.8 Å². The average molecular weight is 146 g/mol. The molecule has 2 heterocycles. The van der Waals surface area contributed by atoms with Crippen molar-refractivity contribution in [1.29, 1.82) is 5.26 Å². The molecule has 0 spiro atoms. The van der Waals surface area contributed by atoms with Gasteiger partial charge in [-0.1, -0.05) is 0 Å². The van der Waals surface area contributed by atoms with Gasteiger partial charge in [0.15, 0.2) is 0 Å². The number of nitriles is 1. The molecule has 0 bridgehead atoms. The Bertz CT molecular complexity index is 268. The fraction of sp³-hybridized carbons (Fsp3) is 0.444. The number of rotatable bonds is 0. The molecular formula is C9H10N2. The molecule has 2 aliphatic heterocycles.